The fourth-order valence-corrected chi connectivity index (χ4v) is 5.38. The number of nitrogens with one attached hydrogen (secondary N) is 3. The van der Waals surface area contributed by atoms with E-state index in [-0.39, 0.29) is 35.3 Å². The van der Waals surface area contributed by atoms with Crippen molar-refractivity contribution in [1.82, 2.24) is 15.6 Å². The topological polar surface area (TPSA) is 66.2 Å². The molecule has 3 N–H and O–H groups in total. The molecule has 2 atom stereocenters. The van der Waals surface area contributed by atoms with Crippen LogP contribution in [-0.2, 0) is 4.74 Å². The summed E-state index contributed by atoms with van der Waals surface area (Å²) in [6.07, 6.45) is 4.92. The molecule has 1 saturated heterocycles. The average molecular weight is 486 g/mol. The summed E-state index contributed by atoms with van der Waals surface area (Å²) < 4.78 is 47.9. The summed E-state index contributed by atoms with van der Waals surface area (Å²) in [5.41, 5.74) is 2.49. The van der Waals surface area contributed by atoms with Crippen LogP contribution in [0.5, 0.6) is 0 Å². The van der Waals surface area contributed by atoms with Gasteiger partial charge in [-0.15, -0.1) is 0 Å². The molecule has 2 heterocycles. The van der Waals surface area contributed by atoms with Crippen LogP contribution in [0.3, 0.4) is 0 Å². The molecule has 2 aliphatic rings. The molecule has 8 heteroatoms. The number of benzene rings is 2. The molecule has 5 rings (SSSR count). The number of carbonyl (C=O) groups is 1. The molecule has 0 bridgehead atoms. The molecule has 1 aliphatic carbocycles. The molecule has 0 spiro atoms. The van der Waals surface area contributed by atoms with E-state index in [1.54, 1.807) is 12.1 Å². The van der Waals surface area contributed by atoms with Gasteiger partial charge >= 0.3 is 6.03 Å². The third-order valence-corrected chi connectivity index (χ3v) is 7.33. The zero-order valence-electron chi connectivity index (χ0n) is 19.7. The maximum Gasteiger partial charge on any atom is 0.314 e. The van der Waals surface area contributed by atoms with E-state index in [4.69, 9.17) is 4.74 Å². The molecule has 186 valence electrons. The summed E-state index contributed by atoms with van der Waals surface area (Å²) in [6, 6.07) is 7.99. The van der Waals surface area contributed by atoms with Crippen LogP contribution in [0.1, 0.15) is 50.5 Å². The number of aromatic nitrogens is 1. The van der Waals surface area contributed by atoms with Gasteiger partial charge in [-0.05, 0) is 85.4 Å². The fourth-order valence-electron chi connectivity index (χ4n) is 5.38. The Morgan fingerprint density at radius 1 is 1.00 bits per heavy atom. The standard InChI is InChI=1S/C27H30F3N3O2/c1-2-20-7-8-21(35-20)14-32-27(34)31-13-15-9-17(10-15)24-22-11-19(29)12-23(30)26(22)33-25(24)16-3-5-18(28)6-4-16/h3-6,11-12,15,17,20-21,33H,2,7-10,13-14H2,1H3,(H2,31,32,34)/t15?,17?,20-,21-/m1/s1. The predicted molar refractivity (Wildman–Crippen MR) is 129 cm³/mol. The zero-order valence-corrected chi connectivity index (χ0v) is 19.7. The number of ether oxygens (including phenoxy) is 1. The maximum absolute atomic E-state index is 14.5. The monoisotopic (exact) mass is 485 g/mol. The number of hydrogen-bond donors (Lipinski definition) is 3. The zero-order chi connectivity index (χ0) is 24.5. The van der Waals surface area contributed by atoms with E-state index in [1.807, 2.05) is 0 Å². The highest BCUT2D eigenvalue weighted by Crippen LogP contribution is 2.48. The Labute approximate surface area is 202 Å². The van der Waals surface area contributed by atoms with Crippen LogP contribution >= 0.6 is 0 Å². The Kier molecular flexibility index (Phi) is 6.73. The lowest BCUT2D eigenvalue weighted by atomic mass is 9.70. The summed E-state index contributed by atoms with van der Waals surface area (Å²) >= 11 is 0. The number of urea groups is 1. The van der Waals surface area contributed by atoms with Gasteiger partial charge in [0, 0.05) is 24.5 Å². The van der Waals surface area contributed by atoms with Crippen LogP contribution < -0.4 is 10.6 Å². The van der Waals surface area contributed by atoms with Gasteiger partial charge in [-0.1, -0.05) is 6.92 Å². The van der Waals surface area contributed by atoms with E-state index in [0.29, 0.717) is 30.3 Å². The SMILES string of the molecule is CC[C@@H]1CC[C@H](CNC(=O)NCC2CC(c3c(-c4ccc(F)cc4)[nH]c4c(F)cc(F)cc34)C2)O1. The molecule has 1 aliphatic heterocycles. The summed E-state index contributed by atoms with van der Waals surface area (Å²) in [5, 5.41) is 6.33. The molecule has 0 radical (unpaired) electrons. The lowest BCUT2D eigenvalue weighted by Crippen LogP contribution is -2.43. The van der Waals surface area contributed by atoms with Crippen molar-refractivity contribution in [3.8, 4) is 11.3 Å². The van der Waals surface area contributed by atoms with Crippen molar-refractivity contribution in [2.24, 2.45) is 5.92 Å². The number of fused-ring (bicyclic) bond motifs is 1. The number of aromatic amines is 1. The van der Waals surface area contributed by atoms with E-state index in [2.05, 4.69) is 22.5 Å². The van der Waals surface area contributed by atoms with Crippen molar-refractivity contribution in [2.75, 3.05) is 13.1 Å². The first-order valence-corrected chi connectivity index (χ1v) is 12.3. The third-order valence-electron chi connectivity index (χ3n) is 7.33. The highest BCUT2D eigenvalue weighted by molar-refractivity contribution is 5.92. The number of carbonyl (C=O) groups excluding carboxylic acids is 1. The van der Waals surface area contributed by atoms with Crippen molar-refractivity contribution in [1.29, 1.82) is 0 Å². The number of rotatable bonds is 7. The lowest BCUT2D eigenvalue weighted by Gasteiger charge is -2.36. The molecular formula is C27H30F3N3O2. The van der Waals surface area contributed by atoms with E-state index in [0.717, 1.165) is 49.3 Å². The largest absolute Gasteiger partial charge is 0.373 e. The van der Waals surface area contributed by atoms with Gasteiger partial charge in [0.05, 0.1) is 23.4 Å². The summed E-state index contributed by atoms with van der Waals surface area (Å²) in [6.45, 7) is 3.14. The summed E-state index contributed by atoms with van der Waals surface area (Å²) in [4.78, 5) is 15.3. The van der Waals surface area contributed by atoms with Crippen LogP contribution in [0.15, 0.2) is 36.4 Å². The van der Waals surface area contributed by atoms with Gasteiger partial charge in [0.25, 0.3) is 0 Å². The average Bonchev–Trinajstić information content (AvgIpc) is 3.42. The van der Waals surface area contributed by atoms with Crippen molar-refractivity contribution in [3.05, 3.63) is 59.4 Å². The van der Waals surface area contributed by atoms with Crippen molar-refractivity contribution in [2.45, 2.75) is 57.2 Å². The Morgan fingerprint density at radius 3 is 2.43 bits per heavy atom. The first-order valence-electron chi connectivity index (χ1n) is 12.3. The second-order valence-corrected chi connectivity index (χ2v) is 9.72. The Balaban J connectivity index is 1.23. The molecule has 5 nitrogen and oxygen atoms in total. The normalized spacial score (nSPS) is 23.9. The molecule has 2 fully saturated rings. The Bertz CT molecular complexity index is 1200. The third kappa shape index (κ3) is 5.03. The first-order chi connectivity index (χ1) is 16.9. The van der Waals surface area contributed by atoms with Crippen LogP contribution in [0.4, 0.5) is 18.0 Å². The summed E-state index contributed by atoms with van der Waals surface area (Å²) in [5.74, 6) is -1.30. The van der Waals surface area contributed by atoms with Crippen molar-refractivity contribution < 1.29 is 22.7 Å². The molecule has 3 aromatic rings. The first kappa shape index (κ1) is 23.7. The fraction of sp³-hybridized carbons (Fsp3) is 0.444. The van der Waals surface area contributed by atoms with Crippen LogP contribution in [0.2, 0.25) is 0 Å². The smallest absolute Gasteiger partial charge is 0.314 e. The van der Waals surface area contributed by atoms with Gasteiger partial charge in [0.15, 0.2) is 0 Å². The highest BCUT2D eigenvalue weighted by atomic mass is 19.1. The van der Waals surface area contributed by atoms with Gasteiger partial charge in [-0.2, -0.15) is 0 Å². The molecule has 35 heavy (non-hydrogen) atoms. The lowest BCUT2D eigenvalue weighted by molar-refractivity contribution is 0.0449. The minimum absolute atomic E-state index is 0.0753. The van der Waals surface area contributed by atoms with Gasteiger partial charge < -0.3 is 20.4 Å². The van der Waals surface area contributed by atoms with E-state index in [1.165, 1.54) is 18.2 Å². The minimum Gasteiger partial charge on any atom is -0.373 e. The van der Waals surface area contributed by atoms with Gasteiger partial charge in [-0.3, -0.25) is 0 Å². The molecular weight excluding hydrogens is 455 g/mol. The van der Waals surface area contributed by atoms with E-state index >= 15 is 0 Å². The Morgan fingerprint density at radius 2 is 1.71 bits per heavy atom. The highest BCUT2D eigenvalue weighted by Gasteiger charge is 2.35. The number of amides is 2. The van der Waals surface area contributed by atoms with E-state index in [9.17, 15) is 18.0 Å². The maximum atomic E-state index is 14.5. The molecule has 1 saturated carbocycles. The molecule has 1 aromatic heterocycles. The van der Waals surface area contributed by atoms with Crippen molar-refractivity contribution >= 4 is 16.9 Å². The summed E-state index contributed by atoms with van der Waals surface area (Å²) in [7, 11) is 0. The molecule has 2 amide bonds. The molecule has 2 aromatic carbocycles. The van der Waals surface area contributed by atoms with Crippen LogP contribution in [0, 0.1) is 23.4 Å². The van der Waals surface area contributed by atoms with Gasteiger partial charge in [0.2, 0.25) is 0 Å². The number of H-pyrrole nitrogens is 1. The van der Waals surface area contributed by atoms with Gasteiger partial charge in [-0.25, -0.2) is 18.0 Å². The van der Waals surface area contributed by atoms with Gasteiger partial charge in [0.1, 0.15) is 17.5 Å². The van der Waals surface area contributed by atoms with E-state index < -0.39 is 11.6 Å². The predicted octanol–water partition coefficient (Wildman–Crippen LogP) is 6.00. The Hall–Kier alpha value is -3.00. The second-order valence-electron chi connectivity index (χ2n) is 9.72. The van der Waals surface area contributed by atoms with Crippen molar-refractivity contribution in [3.63, 3.8) is 0 Å². The molecule has 0 unspecified atom stereocenters. The van der Waals surface area contributed by atoms with Crippen LogP contribution in [-0.4, -0.2) is 36.3 Å². The van der Waals surface area contributed by atoms with Crippen LogP contribution in [0.25, 0.3) is 22.2 Å². The quantitative estimate of drug-likeness (QED) is 0.384. The number of halogens is 3. The second kappa shape index (κ2) is 9.93. The number of hydrogen-bond acceptors (Lipinski definition) is 2. The minimum atomic E-state index is -0.652.